The molecule has 0 bridgehead atoms. The Balaban J connectivity index is 1.48. The van der Waals surface area contributed by atoms with Crippen molar-refractivity contribution in [1.29, 1.82) is 0 Å². The molecule has 21 heavy (non-hydrogen) atoms. The van der Waals surface area contributed by atoms with E-state index < -0.39 is 0 Å². The summed E-state index contributed by atoms with van der Waals surface area (Å²) in [4.78, 5) is 13.7. The van der Waals surface area contributed by atoms with Gasteiger partial charge in [-0.15, -0.1) is 0 Å². The summed E-state index contributed by atoms with van der Waals surface area (Å²) in [7, 11) is 0. The van der Waals surface area contributed by atoms with E-state index >= 15 is 0 Å². The number of benzene rings is 1. The van der Waals surface area contributed by atoms with Crippen molar-refractivity contribution in [2.24, 2.45) is 0 Å². The molecule has 1 aliphatic rings. The average molecular weight is 288 g/mol. The molecule has 1 fully saturated rings. The van der Waals surface area contributed by atoms with Crippen LogP contribution in [-0.2, 0) is 11.3 Å². The maximum atomic E-state index is 12.0. The van der Waals surface area contributed by atoms with Gasteiger partial charge in [0.25, 0.3) is 0 Å². The van der Waals surface area contributed by atoms with Gasteiger partial charge in [-0.05, 0) is 29.5 Å². The van der Waals surface area contributed by atoms with Crippen molar-refractivity contribution >= 4 is 11.9 Å². The Morgan fingerprint density at radius 2 is 2.10 bits per heavy atom. The molecule has 0 radical (unpaired) electrons. The maximum absolute atomic E-state index is 12.0. The summed E-state index contributed by atoms with van der Waals surface area (Å²) in [5, 5.41) is 10.6. The van der Waals surface area contributed by atoms with E-state index in [9.17, 15) is 4.79 Å². The number of amides is 1. The van der Waals surface area contributed by atoms with Gasteiger partial charge in [0.05, 0.1) is 13.1 Å². The van der Waals surface area contributed by atoms with Crippen LogP contribution in [0.15, 0.2) is 24.3 Å². The molecule has 8 heteroatoms. The Bertz CT molecular complexity index is 632. The van der Waals surface area contributed by atoms with E-state index in [2.05, 4.69) is 15.5 Å². The summed E-state index contributed by atoms with van der Waals surface area (Å²) in [6, 6.07) is 7.86. The molecule has 0 unspecified atom stereocenters. The average Bonchev–Trinajstić information content (AvgIpc) is 2.81. The smallest absolute Gasteiger partial charge is 0.244 e. The number of anilines is 1. The second kappa shape index (κ2) is 5.39. The fraction of sp³-hybridized carbons (Fsp3) is 0.385. The quantitative estimate of drug-likeness (QED) is 0.840. The zero-order valence-corrected chi connectivity index (χ0v) is 11.6. The van der Waals surface area contributed by atoms with Crippen LogP contribution in [0.25, 0.3) is 0 Å². The fourth-order valence-corrected chi connectivity index (χ4v) is 2.08. The number of ether oxygens (including phenoxy) is 1. The van der Waals surface area contributed by atoms with Gasteiger partial charge in [0.2, 0.25) is 11.9 Å². The number of likely N-dealkylation sites (tertiary alicyclic amines) is 1. The zero-order valence-electron chi connectivity index (χ0n) is 11.6. The summed E-state index contributed by atoms with van der Waals surface area (Å²) in [6.07, 6.45) is 0.0304. The molecule has 8 nitrogen and oxygen atoms in total. The normalized spacial score (nSPS) is 14.8. The molecule has 1 amide bonds. The Morgan fingerprint density at radius 1 is 1.38 bits per heavy atom. The molecule has 0 spiro atoms. The Kier molecular flexibility index (Phi) is 3.43. The number of aryl methyl sites for hydroxylation is 1. The number of carbonyl (C=O) groups is 1. The molecular weight excluding hydrogens is 272 g/mol. The molecule has 0 saturated carbocycles. The lowest BCUT2D eigenvalue weighted by atomic mass is 10.1. The van der Waals surface area contributed by atoms with E-state index in [1.807, 2.05) is 31.2 Å². The van der Waals surface area contributed by atoms with E-state index in [1.165, 1.54) is 10.2 Å². The predicted molar refractivity (Wildman–Crippen MR) is 74.4 cm³/mol. The molecular formula is C13H16N6O2. The molecule has 110 valence electrons. The highest BCUT2D eigenvalue weighted by atomic mass is 16.5. The van der Waals surface area contributed by atoms with Crippen LogP contribution in [0, 0.1) is 6.92 Å². The lowest BCUT2D eigenvalue weighted by Crippen LogP contribution is -2.57. The van der Waals surface area contributed by atoms with Crippen molar-refractivity contribution in [2.75, 3.05) is 18.8 Å². The van der Waals surface area contributed by atoms with Crippen LogP contribution in [0.5, 0.6) is 5.75 Å². The van der Waals surface area contributed by atoms with E-state index in [0.717, 1.165) is 5.75 Å². The summed E-state index contributed by atoms with van der Waals surface area (Å²) in [5.74, 6) is 0.886. The number of hydrogen-bond acceptors (Lipinski definition) is 6. The summed E-state index contributed by atoms with van der Waals surface area (Å²) in [6.45, 7) is 3.21. The summed E-state index contributed by atoms with van der Waals surface area (Å²) < 4.78 is 7.05. The van der Waals surface area contributed by atoms with Crippen LogP contribution in [0.3, 0.4) is 0 Å². The van der Waals surface area contributed by atoms with Crippen LogP contribution < -0.4 is 10.5 Å². The van der Waals surface area contributed by atoms with Crippen LogP contribution >= 0.6 is 0 Å². The minimum absolute atomic E-state index is 0.0304. The van der Waals surface area contributed by atoms with Crippen molar-refractivity contribution in [2.45, 2.75) is 19.6 Å². The molecule has 0 atom stereocenters. The maximum Gasteiger partial charge on any atom is 0.244 e. The van der Waals surface area contributed by atoms with Gasteiger partial charge in [-0.2, -0.15) is 0 Å². The minimum atomic E-state index is -0.0715. The summed E-state index contributed by atoms with van der Waals surface area (Å²) >= 11 is 0. The van der Waals surface area contributed by atoms with Gasteiger partial charge in [-0.25, -0.2) is 4.68 Å². The first-order valence-electron chi connectivity index (χ1n) is 6.64. The van der Waals surface area contributed by atoms with Gasteiger partial charge >= 0.3 is 0 Å². The van der Waals surface area contributed by atoms with Gasteiger partial charge in [0.1, 0.15) is 18.4 Å². The lowest BCUT2D eigenvalue weighted by Gasteiger charge is -2.38. The molecule has 0 aliphatic carbocycles. The van der Waals surface area contributed by atoms with E-state index in [4.69, 9.17) is 10.5 Å². The third-order valence-electron chi connectivity index (χ3n) is 3.37. The van der Waals surface area contributed by atoms with Gasteiger partial charge in [0.15, 0.2) is 0 Å². The SMILES string of the molecule is Cc1ccc(OC2CN(C(=O)Cn3nnnc3N)C2)cc1. The highest BCUT2D eigenvalue weighted by molar-refractivity contribution is 5.77. The second-order valence-electron chi connectivity index (χ2n) is 5.05. The molecule has 2 heterocycles. The number of nitrogens with zero attached hydrogens (tertiary/aromatic N) is 5. The van der Waals surface area contributed by atoms with Gasteiger partial charge in [-0.3, -0.25) is 4.79 Å². The molecule has 2 N–H and O–H groups in total. The third-order valence-corrected chi connectivity index (χ3v) is 3.37. The first-order valence-corrected chi connectivity index (χ1v) is 6.64. The van der Waals surface area contributed by atoms with Crippen molar-refractivity contribution in [1.82, 2.24) is 25.1 Å². The minimum Gasteiger partial charge on any atom is -0.487 e. The molecule has 1 aliphatic heterocycles. The number of carbonyl (C=O) groups excluding carboxylic acids is 1. The molecule has 2 aromatic rings. The van der Waals surface area contributed by atoms with E-state index in [1.54, 1.807) is 4.90 Å². The number of hydrogen-bond donors (Lipinski definition) is 1. The summed E-state index contributed by atoms with van der Waals surface area (Å²) in [5.41, 5.74) is 6.71. The van der Waals surface area contributed by atoms with Crippen LogP contribution in [0.4, 0.5) is 5.95 Å². The molecule has 1 aromatic carbocycles. The number of nitrogen functional groups attached to an aromatic ring is 1. The van der Waals surface area contributed by atoms with Crippen molar-refractivity contribution < 1.29 is 9.53 Å². The molecule has 1 saturated heterocycles. The lowest BCUT2D eigenvalue weighted by molar-refractivity contribution is -0.140. The van der Waals surface area contributed by atoms with Crippen LogP contribution in [-0.4, -0.2) is 50.2 Å². The zero-order chi connectivity index (χ0) is 14.8. The van der Waals surface area contributed by atoms with E-state index in [-0.39, 0.29) is 24.5 Å². The number of rotatable bonds is 4. The molecule has 3 rings (SSSR count). The highest BCUT2D eigenvalue weighted by Gasteiger charge is 2.32. The van der Waals surface area contributed by atoms with Gasteiger partial charge in [-0.1, -0.05) is 22.8 Å². The standard InChI is InChI=1S/C13H16N6O2/c1-9-2-4-10(5-3-9)21-11-6-18(7-11)12(20)8-19-13(14)15-16-17-19/h2-5,11H,6-8H2,1H3,(H2,14,15,17). The predicted octanol–water partition coefficient (Wildman–Crippen LogP) is -0.146. The first-order chi connectivity index (χ1) is 10.1. The van der Waals surface area contributed by atoms with Crippen LogP contribution in [0.2, 0.25) is 0 Å². The van der Waals surface area contributed by atoms with Gasteiger partial charge in [0, 0.05) is 0 Å². The van der Waals surface area contributed by atoms with E-state index in [0.29, 0.717) is 13.1 Å². The highest BCUT2D eigenvalue weighted by Crippen LogP contribution is 2.19. The Labute approximate surface area is 121 Å². The van der Waals surface area contributed by atoms with Gasteiger partial charge < -0.3 is 15.4 Å². The Hall–Kier alpha value is -2.64. The number of nitrogens with two attached hydrogens (primary N) is 1. The number of aromatic nitrogens is 4. The fourth-order valence-electron chi connectivity index (χ4n) is 2.08. The van der Waals surface area contributed by atoms with Crippen LogP contribution in [0.1, 0.15) is 5.56 Å². The largest absolute Gasteiger partial charge is 0.487 e. The monoisotopic (exact) mass is 288 g/mol. The van der Waals surface area contributed by atoms with Crippen molar-refractivity contribution in [3.63, 3.8) is 0 Å². The Morgan fingerprint density at radius 3 is 2.71 bits per heavy atom. The second-order valence-corrected chi connectivity index (χ2v) is 5.05. The third kappa shape index (κ3) is 2.93. The molecule has 1 aromatic heterocycles. The van der Waals surface area contributed by atoms with Crippen molar-refractivity contribution in [3.05, 3.63) is 29.8 Å². The number of tetrazole rings is 1. The topological polar surface area (TPSA) is 99.2 Å². The first kappa shape index (κ1) is 13.3. The van der Waals surface area contributed by atoms with Crippen molar-refractivity contribution in [3.8, 4) is 5.75 Å².